The maximum absolute atomic E-state index is 12.4. The highest BCUT2D eigenvalue weighted by atomic mass is 16.5. The number of benzene rings is 1. The Kier molecular flexibility index (Phi) is 4.76. The van der Waals surface area contributed by atoms with E-state index in [2.05, 4.69) is 51.3 Å². The summed E-state index contributed by atoms with van der Waals surface area (Å²) in [5.41, 5.74) is 4.11. The molecule has 1 N–H and O–H groups in total. The van der Waals surface area contributed by atoms with Gasteiger partial charge in [0.05, 0.1) is 17.8 Å². The Hall–Kier alpha value is -2.74. The summed E-state index contributed by atoms with van der Waals surface area (Å²) in [6, 6.07) is 5.83. The number of nitrogens with zero attached hydrogens (tertiary/aromatic N) is 4. The Morgan fingerprint density at radius 1 is 1.08 bits per heavy atom. The Bertz CT molecular complexity index is 1240. The van der Waals surface area contributed by atoms with E-state index in [1.807, 2.05) is 12.1 Å². The minimum absolute atomic E-state index is 0.102. The van der Waals surface area contributed by atoms with Gasteiger partial charge in [-0.05, 0) is 73.3 Å². The van der Waals surface area contributed by atoms with Crippen molar-refractivity contribution in [3.8, 4) is 5.75 Å². The van der Waals surface area contributed by atoms with Gasteiger partial charge in [0.15, 0.2) is 0 Å². The third-order valence-corrected chi connectivity index (χ3v) is 9.61. The van der Waals surface area contributed by atoms with Gasteiger partial charge in [0.25, 0.3) is 0 Å². The van der Waals surface area contributed by atoms with Crippen LogP contribution in [0.2, 0.25) is 0 Å². The van der Waals surface area contributed by atoms with E-state index in [9.17, 15) is 9.59 Å². The first-order valence-electron chi connectivity index (χ1n) is 13.4. The van der Waals surface area contributed by atoms with Crippen LogP contribution in [-0.4, -0.2) is 37.7 Å². The van der Waals surface area contributed by atoms with Crippen molar-refractivity contribution in [1.29, 1.82) is 0 Å². The van der Waals surface area contributed by atoms with Crippen molar-refractivity contribution in [2.75, 3.05) is 0 Å². The SMILES string of the molecule is CC12CC3CC(C)(C1)CC(n1cc(COc4cccc5c4CN(C4CCC(=O)NC4=O)C5)nn1)(C3)C2. The zero-order chi connectivity index (χ0) is 24.7. The lowest BCUT2D eigenvalue weighted by Crippen LogP contribution is -2.59. The van der Waals surface area contributed by atoms with Crippen LogP contribution >= 0.6 is 0 Å². The van der Waals surface area contributed by atoms with Gasteiger partial charge in [-0.2, -0.15) is 0 Å². The molecule has 1 aromatic carbocycles. The average Bonchev–Trinajstić information content (AvgIpc) is 3.43. The number of piperidine rings is 1. The molecule has 4 bridgehead atoms. The van der Waals surface area contributed by atoms with Crippen molar-refractivity contribution in [3.05, 3.63) is 41.2 Å². The fourth-order valence-corrected chi connectivity index (χ4v) is 9.19. The predicted molar refractivity (Wildman–Crippen MR) is 132 cm³/mol. The van der Waals surface area contributed by atoms with Gasteiger partial charge in [0.1, 0.15) is 18.1 Å². The normalized spacial score (nSPS) is 37.3. The number of hydrogen-bond acceptors (Lipinski definition) is 6. The smallest absolute Gasteiger partial charge is 0.243 e. The molecule has 2 amide bonds. The summed E-state index contributed by atoms with van der Waals surface area (Å²) in [4.78, 5) is 26.1. The number of imide groups is 1. The van der Waals surface area contributed by atoms with Crippen LogP contribution in [-0.2, 0) is 34.8 Å². The van der Waals surface area contributed by atoms with Crippen LogP contribution in [0.1, 0.15) is 82.0 Å². The van der Waals surface area contributed by atoms with Crippen molar-refractivity contribution in [1.82, 2.24) is 25.2 Å². The molecule has 36 heavy (non-hydrogen) atoms. The number of fused-ring (bicyclic) bond motifs is 1. The van der Waals surface area contributed by atoms with Crippen molar-refractivity contribution >= 4 is 11.8 Å². The summed E-state index contributed by atoms with van der Waals surface area (Å²) in [5.74, 6) is 1.28. The Labute approximate surface area is 211 Å². The fourth-order valence-electron chi connectivity index (χ4n) is 9.19. The predicted octanol–water partition coefficient (Wildman–Crippen LogP) is 3.68. The summed E-state index contributed by atoms with van der Waals surface area (Å²) in [6.07, 6.45) is 10.8. The number of aromatic nitrogens is 3. The molecule has 8 rings (SSSR count). The second kappa shape index (κ2) is 7.63. The van der Waals surface area contributed by atoms with E-state index in [-0.39, 0.29) is 23.4 Å². The van der Waals surface area contributed by atoms with Gasteiger partial charge in [-0.3, -0.25) is 19.8 Å². The van der Waals surface area contributed by atoms with E-state index in [4.69, 9.17) is 4.74 Å². The molecule has 2 aliphatic heterocycles. The van der Waals surface area contributed by atoms with Gasteiger partial charge < -0.3 is 4.74 Å². The highest BCUT2D eigenvalue weighted by Crippen LogP contribution is 2.68. The van der Waals surface area contributed by atoms with Crippen LogP contribution in [0.3, 0.4) is 0 Å². The number of carbonyl (C=O) groups is 2. The molecule has 3 atom stereocenters. The molecule has 8 heteroatoms. The molecule has 1 aromatic heterocycles. The topological polar surface area (TPSA) is 89.4 Å². The van der Waals surface area contributed by atoms with E-state index in [1.54, 1.807) is 0 Å². The lowest BCUT2D eigenvalue weighted by molar-refractivity contribution is -0.140. The van der Waals surface area contributed by atoms with E-state index in [1.165, 1.54) is 44.1 Å². The van der Waals surface area contributed by atoms with Gasteiger partial charge >= 0.3 is 0 Å². The van der Waals surface area contributed by atoms with E-state index in [0.717, 1.165) is 22.9 Å². The molecule has 6 aliphatic rings. The van der Waals surface area contributed by atoms with Crippen LogP contribution in [0.15, 0.2) is 24.4 Å². The molecule has 3 unspecified atom stereocenters. The summed E-state index contributed by atoms with van der Waals surface area (Å²) in [5, 5.41) is 11.7. The second-order valence-electron chi connectivity index (χ2n) is 13.1. The molecule has 0 radical (unpaired) electrons. The molecule has 8 nitrogen and oxygen atoms in total. The molecular weight excluding hydrogens is 454 g/mol. The molecular formula is C28H35N5O3. The van der Waals surface area contributed by atoms with Crippen molar-refractivity contribution in [2.45, 2.75) is 96.5 Å². The van der Waals surface area contributed by atoms with E-state index >= 15 is 0 Å². The second-order valence-corrected chi connectivity index (χ2v) is 13.1. The van der Waals surface area contributed by atoms with Gasteiger partial charge in [0, 0.05) is 25.1 Å². The quantitative estimate of drug-likeness (QED) is 0.645. The molecule has 1 saturated heterocycles. The summed E-state index contributed by atoms with van der Waals surface area (Å²) >= 11 is 0. The van der Waals surface area contributed by atoms with E-state index in [0.29, 0.717) is 43.4 Å². The third kappa shape index (κ3) is 3.59. The largest absolute Gasteiger partial charge is 0.487 e. The first-order chi connectivity index (χ1) is 17.2. The van der Waals surface area contributed by atoms with Crippen molar-refractivity contribution in [2.24, 2.45) is 16.7 Å². The van der Waals surface area contributed by atoms with Crippen LogP contribution in [0.25, 0.3) is 0 Å². The van der Waals surface area contributed by atoms with Crippen molar-refractivity contribution < 1.29 is 14.3 Å². The van der Waals surface area contributed by atoms with E-state index < -0.39 is 0 Å². The van der Waals surface area contributed by atoms with Crippen molar-refractivity contribution in [3.63, 3.8) is 0 Å². The van der Waals surface area contributed by atoms with Gasteiger partial charge in [0.2, 0.25) is 11.8 Å². The Balaban J connectivity index is 1.06. The molecule has 2 aromatic rings. The lowest BCUT2D eigenvalue weighted by Gasteiger charge is -2.65. The minimum atomic E-state index is -0.271. The Morgan fingerprint density at radius 3 is 2.64 bits per heavy atom. The van der Waals surface area contributed by atoms with Gasteiger partial charge in [-0.15, -0.1) is 5.10 Å². The summed E-state index contributed by atoms with van der Waals surface area (Å²) in [7, 11) is 0. The number of ether oxygens (including phenoxy) is 1. The Morgan fingerprint density at radius 2 is 1.89 bits per heavy atom. The number of carbonyl (C=O) groups excluding carboxylic acids is 2. The maximum atomic E-state index is 12.4. The zero-order valence-corrected chi connectivity index (χ0v) is 21.3. The van der Waals surface area contributed by atoms with Crippen LogP contribution in [0.4, 0.5) is 0 Å². The average molecular weight is 490 g/mol. The minimum Gasteiger partial charge on any atom is -0.487 e. The van der Waals surface area contributed by atoms with Crippen LogP contribution < -0.4 is 10.1 Å². The lowest BCUT2D eigenvalue weighted by atomic mass is 9.43. The monoisotopic (exact) mass is 489 g/mol. The third-order valence-electron chi connectivity index (χ3n) is 9.61. The zero-order valence-electron chi connectivity index (χ0n) is 21.3. The van der Waals surface area contributed by atoms with Gasteiger partial charge in [-0.25, -0.2) is 4.68 Å². The number of nitrogens with one attached hydrogen (secondary N) is 1. The fraction of sp³-hybridized carbons (Fsp3) is 0.643. The first kappa shape index (κ1) is 22.5. The van der Waals surface area contributed by atoms with Crippen LogP contribution in [0, 0.1) is 16.7 Å². The first-order valence-corrected chi connectivity index (χ1v) is 13.4. The molecule has 4 aliphatic carbocycles. The van der Waals surface area contributed by atoms with Crippen LogP contribution in [0.5, 0.6) is 5.75 Å². The number of hydrogen-bond donors (Lipinski definition) is 1. The highest BCUT2D eigenvalue weighted by Gasteiger charge is 2.61. The summed E-state index contributed by atoms with van der Waals surface area (Å²) < 4.78 is 8.48. The molecule has 4 saturated carbocycles. The molecule has 0 spiro atoms. The maximum Gasteiger partial charge on any atom is 0.243 e. The number of rotatable bonds is 5. The number of amides is 2. The molecule has 190 valence electrons. The molecule has 5 fully saturated rings. The summed E-state index contributed by atoms with van der Waals surface area (Å²) in [6.45, 7) is 6.68. The van der Waals surface area contributed by atoms with Gasteiger partial charge in [-0.1, -0.05) is 31.2 Å². The highest BCUT2D eigenvalue weighted by molar-refractivity contribution is 6.00. The standard InChI is InChI=1S/C28H35N5O3/c1-26-8-18-9-27(2,15-26)17-28(10-18,16-26)33-12-20(30-31-33)14-36-23-5-3-4-19-11-32(13-21(19)23)22-6-7-24(34)29-25(22)35/h3-5,12,18,22H,6-11,13-17H2,1-2H3,(H,29,34,35). The molecule has 3 heterocycles.